The van der Waals surface area contributed by atoms with Gasteiger partial charge in [0.15, 0.2) is 0 Å². The molecular weight excluding hydrogens is 158 g/mol. The maximum atomic E-state index is 4.05. The van der Waals surface area contributed by atoms with Crippen LogP contribution in [0, 0.1) is 5.92 Å². The zero-order chi connectivity index (χ0) is 9.84. The molecule has 1 rings (SSSR count). The van der Waals surface area contributed by atoms with Gasteiger partial charge in [-0.05, 0) is 33.1 Å². The fraction of sp³-hybridized carbons (Fsp3) is 0.667. The van der Waals surface area contributed by atoms with Crippen molar-refractivity contribution in [2.45, 2.75) is 40.0 Å². The zero-order valence-corrected chi connectivity index (χ0v) is 9.11. The Bertz CT molecular complexity index is 221. The molecule has 0 aromatic heterocycles. The summed E-state index contributed by atoms with van der Waals surface area (Å²) in [5, 5.41) is 3.32. The maximum absolute atomic E-state index is 4.05. The van der Waals surface area contributed by atoms with Crippen molar-refractivity contribution >= 4 is 0 Å². The van der Waals surface area contributed by atoms with Crippen LogP contribution in [0.25, 0.3) is 0 Å². The van der Waals surface area contributed by atoms with Gasteiger partial charge in [-0.15, -0.1) is 0 Å². The van der Waals surface area contributed by atoms with E-state index in [2.05, 4.69) is 32.7 Å². The van der Waals surface area contributed by atoms with Crippen LogP contribution in [0.5, 0.6) is 0 Å². The molecule has 1 saturated heterocycles. The lowest BCUT2D eigenvalue weighted by Gasteiger charge is -2.13. The van der Waals surface area contributed by atoms with E-state index in [0.29, 0.717) is 5.92 Å². The van der Waals surface area contributed by atoms with Gasteiger partial charge in [-0.1, -0.05) is 24.6 Å². The van der Waals surface area contributed by atoms with Crippen LogP contribution in [0.3, 0.4) is 0 Å². The third-order valence-electron chi connectivity index (χ3n) is 2.96. The van der Waals surface area contributed by atoms with Crippen molar-refractivity contribution in [1.82, 2.24) is 5.32 Å². The van der Waals surface area contributed by atoms with E-state index in [1.165, 1.54) is 30.5 Å². The molecule has 1 aliphatic rings. The largest absolute Gasteiger partial charge is 0.389 e. The second-order valence-corrected chi connectivity index (χ2v) is 4.10. The third kappa shape index (κ3) is 2.61. The molecule has 1 heterocycles. The number of nitrogens with one attached hydrogen (secondary N) is 1. The highest BCUT2D eigenvalue weighted by Gasteiger charge is 2.19. The number of allylic oxidation sites excluding steroid dienone is 3. The minimum atomic E-state index is 0.685. The predicted octanol–water partition coefficient (Wildman–Crippen LogP) is 3.25. The van der Waals surface area contributed by atoms with E-state index < -0.39 is 0 Å². The summed E-state index contributed by atoms with van der Waals surface area (Å²) < 4.78 is 0. The normalized spacial score (nSPS) is 21.5. The lowest BCUT2D eigenvalue weighted by Crippen LogP contribution is -2.06. The van der Waals surface area contributed by atoms with Crippen LogP contribution in [0.15, 0.2) is 23.4 Å². The topological polar surface area (TPSA) is 12.0 Å². The quantitative estimate of drug-likeness (QED) is 0.656. The van der Waals surface area contributed by atoms with Crippen molar-refractivity contribution < 1.29 is 0 Å². The Kier molecular flexibility index (Phi) is 3.58. The third-order valence-corrected chi connectivity index (χ3v) is 2.96. The Morgan fingerprint density at radius 1 is 1.54 bits per heavy atom. The molecule has 0 aromatic rings. The van der Waals surface area contributed by atoms with E-state index in [-0.39, 0.29) is 0 Å². The fourth-order valence-corrected chi connectivity index (χ4v) is 1.95. The smallest absolute Gasteiger partial charge is 0.0150 e. The van der Waals surface area contributed by atoms with Crippen molar-refractivity contribution in [3.05, 3.63) is 23.4 Å². The first-order valence-electron chi connectivity index (χ1n) is 5.23. The van der Waals surface area contributed by atoms with Crippen molar-refractivity contribution in [1.29, 1.82) is 0 Å². The van der Waals surface area contributed by atoms with Gasteiger partial charge < -0.3 is 5.32 Å². The Balaban J connectivity index is 2.56. The van der Waals surface area contributed by atoms with Crippen molar-refractivity contribution in [3.8, 4) is 0 Å². The molecule has 1 atom stereocenters. The highest BCUT2D eigenvalue weighted by molar-refractivity contribution is 5.15. The van der Waals surface area contributed by atoms with Gasteiger partial charge in [-0.3, -0.25) is 0 Å². The number of rotatable bonds is 3. The zero-order valence-electron chi connectivity index (χ0n) is 9.11. The van der Waals surface area contributed by atoms with E-state index in [0.717, 1.165) is 6.54 Å². The summed E-state index contributed by atoms with van der Waals surface area (Å²) in [4.78, 5) is 0. The van der Waals surface area contributed by atoms with Gasteiger partial charge in [0, 0.05) is 18.2 Å². The summed E-state index contributed by atoms with van der Waals surface area (Å²) in [5.41, 5.74) is 4.34. The molecule has 0 aromatic carbocycles. The molecule has 0 saturated carbocycles. The van der Waals surface area contributed by atoms with Gasteiger partial charge in [0.05, 0.1) is 0 Å². The summed E-state index contributed by atoms with van der Waals surface area (Å²) >= 11 is 0. The Labute approximate surface area is 81.9 Å². The van der Waals surface area contributed by atoms with Crippen LogP contribution in [-0.4, -0.2) is 6.54 Å². The standard InChI is InChI=1S/C12H21N/c1-5-11(9(2)3)8-12-6-7-13-10(12)4/h12-13H,4-8H2,1-3H3. The molecule has 1 nitrogen and oxygen atoms in total. The van der Waals surface area contributed by atoms with E-state index in [1.807, 2.05) is 0 Å². The molecular formula is C12H21N. The first-order valence-corrected chi connectivity index (χ1v) is 5.23. The molecule has 0 radical (unpaired) electrons. The van der Waals surface area contributed by atoms with Gasteiger partial charge in [0.1, 0.15) is 0 Å². The van der Waals surface area contributed by atoms with Gasteiger partial charge in [-0.25, -0.2) is 0 Å². The molecule has 74 valence electrons. The Hall–Kier alpha value is -0.720. The average molecular weight is 179 g/mol. The van der Waals surface area contributed by atoms with Crippen LogP contribution in [0.2, 0.25) is 0 Å². The van der Waals surface area contributed by atoms with Gasteiger partial charge in [0.2, 0.25) is 0 Å². The molecule has 0 spiro atoms. The molecule has 0 amide bonds. The van der Waals surface area contributed by atoms with Crippen LogP contribution >= 0.6 is 0 Å². The first kappa shape index (κ1) is 10.4. The molecule has 1 fully saturated rings. The molecule has 1 N–H and O–H groups in total. The van der Waals surface area contributed by atoms with E-state index in [1.54, 1.807) is 5.57 Å². The maximum Gasteiger partial charge on any atom is 0.0150 e. The van der Waals surface area contributed by atoms with E-state index in [4.69, 9.17) is 0 Å². The fourth-order valence-electron chi connectivity index (χ4n) is 1.95. The Morgan fingerprint density at radius 2 is 2.23 bits per heavy atom. The van der Waals surface area contributed by atoms with Crippen molar-refractivity contribution in [2.24, 2.45) is 5.92 Å². The molecule has 13 heavy (non-hydrogen) atoms. The van der Waals surface area contributed by atoms with Crippen LogP contribution in [0.4, 0.5) is 0 Å². The van der Waals surface area contributed by atoms with Crippen LogP contribution < -0.4 is 5.32 Å². The van der Waals surface area contributed by atoms with E-state index in [9.17, 15) is 0 Å². The van der Waals surface area contributed by atoms with Gasteiger partial charge >= 0.3 is 0 Å². The molecule has 1 unspecified atom stereocenters. The molecule has 1 aliphatic heterocycles. The number of hydrogen-bond acceptors (Lipinski definition) is 1. The lowest BCUT2D eigenvalue weighted by molar-refractivity contribution is 0.619. The van der Waals surface area contributed by atoms with Crippen molar-refractivity contribution in [3.63, 3.8) is 0 Å². The minimum Gasteiger partial charge on any atom is -0.389 e. The second kappa shape index (κ2) is 4.50. The second-order valence-electron chi connectivity index (χ2n) is 4.10. The summed E-state index contributed by atoms with van der Waals surface area (Å²) in [6.45, 7) is 11.8. The molecule has 1 heteroatoms. The number of hydrogen-bond donors (Lipinski definition) is 1. The average Bonchev–Trinajstić information content (AvgIpc) is 2.46. The molecule has 0 bridgehead atoms. The summed E-state index contributed by atoms with van der Waals surface area (Å²) in [5.74, 6) is 0.685. The van der Waals surface area contributed by atoms with Crippen LogP contribution in [0.1, 0.15) is 40.0 Å². The van der Waals surface area contributed by atoms with Gasteiger partial charge in [0.25, 0.3) is 0 Å². The SMILES string of the molecule is C=C1NCCC1CC(CC)=C(C)C. The minimum absolute atomic E-state index is 0.685. The predicted molar refractivity (Wildman–Crippen MR) is 58.5 cm³/mol. The van der Waals surface area contributed by atoms with Crippen molar-refractivity contribution in [2.75, 3.05) is 6.54 Å². The lowest BCUT2D eigenvalue weighted by atomic mass is 9.93. The molecule has 0 aliphatic carbocycles. The highest BCUT2D eigenvalue weighted by atomic mass is 14.9. The Morgan fingerprint density at radius 3 is 2.62 bits per heavy atom. The monoisotopic (exact) mass is 179 g/mol. The highest BCUT2D eigenvalue weighted by Crippen LogP contribution is 2.27. The first-order chi connectivity index (χ1) is 6.15. The van der Waals surface area contributed by atoms with Gasteiger partial charge in [-0.2, -0.15) is 0 Å². The van der Waals surface area contributed by atoms with E-state index >= 15 is 0 Å². The summed E-state index contributed by atoms with van der Waals surface area (Å²) in [7, 11) is 0. The van der Waals surface area contributed by atoms with Crippen LogP contribution in [-0.2, 0) is 0 Å². The summed E-state index contributed by atoms with van der Waals surface area (Å²) in [6.07, 6.45) is 3.66. The summed E-state index contributed by atoms with van der Waals surface area (Å²) in [6, 6.07) is 0.